The first-order valence-corrected chi connectivity index (χ1v) is 2.63. The van der Waals surface area contributed by atoms with Gasteiger partial charge in [-0.1, -0.05) is 0 Å². The maximum absolute atomic E-state index is 5.51. The van der Waals surface area contributed by atoms with Crippen LogP contribution >= 0.6 is 12.4 Å². The zero-order valence-corrected chi connectivity index (χ0v) is 5.78. The lowest BCUT2D eigenvalue weighted by Gasteiger charge is -2.31. The minimum atomic E-state index is 0. The van der Waals surface area contributed by atoms with Gasteiger partial charge in [-0.3, -0.25) is 0 Å². The molecule has 0 aromatic rings. The molecule has 1 rings (SSSR count). The Morgan fingerprint density at radius 1 is 1.50 bits per heavy atom. The van der Waals surface area contributed by atoms with E-state index in [1.165, 1.54) is 0 Å². The largest absolute Gasteiger partial charge is 0.380 e. The van der Waals surface area contributed by atoms with Crippen molar-refractivity contribution in [2.45, 2.75) is 25.0 Å². The highest BCUT2D eigenvalue weighted by atomic mass is 35.5. The normalized spacial score (nSPS) is 35.2. The van der Waals surface area contributed by atoms with Crippen LogP contribution in [0.3, 0.4) is 0 Å². The van der Waals surface area contributed by atoms with Crippen molar-refractivity contribution in [1.82, 2.24) is 0 Å². The number of hydrogen-bond donors (Lipinski definition) is 1. The second-order valence-corrected chi connectivity index (χ2v) is 2.02. The highest BCUT2D eigenvalue weighted by molar-refractivity contribution is 5.85. The van der Waals surface area contributed by atoms with Crippen LogP contribution in [-0.2, 0) is 4.74 Å². The molecule has 1 saturated carbocycles. The topological polar surface area (TPSA) is 35.2 Å². The van der Waals surface area contributed by atoms with Gasteiger partial charge in [0.15, 0.2) is 0 Å². The van der Waals surface area contributed by atoms with E-state index in [1.54, 1.807) is 7.11 Å². The summed E-state index contributed by atoms with van der Waals surface area (Å²) in [5.41, 5.74) is 5.51. The zero-order valence-electron chi connectivity index (χ0n) is 4.96. The molecule has 2 atom stereocenters. The fourth-order valence-corrected chi connectivity index (χ4v) is 0.788. The molecule has 1 unspecified atom stereocenters. The average molecular weight is 138 g/mol. The van der Waals surface area contributed by atoms with Gasteiger partial charge in [-0.15, -0.1) is 12.4 Å². The van der Waals surface area contributed by atoms with Crippen LogP contribution in [0.25, 0.3) is 0 Å². The van der Waals surface area contributed by atoms with Crippen molar-refractivity contribution in [2.75, 3.05) is 7.11 Å². The van der Waals surface area contributed by atoms with Crippen molar-refractivity contribution in [3.05, 3.63) is 0 Å². The predicted molar refractivity (Wildman–Crippen MR) is 35.3 cm³/mol. The molecule has 0 radical (unpaired) electrons. The number of ether oxygens (including phenoxy) is 1. The molecular formula is C5H12ClNO. The van der Waals surface area contributed by atoms with Crippen molar-refractivity contribution in [2.24, 2.45) is 5.73 Å². The molecule has 1 aliphatic rings. The third-order valence-corrected chi connectivity index (χ3v) is 1.56. The van der Waals surface area contributed by atoms with Gasteiger partial charge in [0.1, 0.15) is 0 Å². The Hall–Kier alpha value is 0.210. The monoisotopic (exact) mass is 137 g/mol. The Labute approximate surface area is 55.8 Å². The van der Waals surface area contributed by atoms with Crippen LogP contribution in [-0.4, -0.2) is 19.3 Å². The summed E-state index contributed by atoms with van der Waals surface area (Å²) < 4.78 is 4.97. The van der Waals surface area contributed by atoms with Gasteiger partial charge >= 0.3 is 0 Å². The molecule has 0 amide bonds. The molecule has 1 fully saturated rings. The minimum Gasteiger partial charge on any atom is -0.380 e. The van der Waals surface area contributed by atoms with Gasteiger partial charge in [-0.05, 0) is 12.8 Å². The third kappa shape index (κ3) is 1.34. The van der Waals surface area contributed by atoms with E-state index >= 15 is 0 Å². The van der Waals surface area contributed by atoms with Gasteiger partial charge in [0.2, 0.25) is 0 Å². The number of nitrogens with two attached hydrogens (primary N) is 1. The second-order valence-electron chi connectivity index (χ2n) is 2.02. The molecule has 0 bridgehead atoms. The van der Waals surface area contributed by atoms with E-state index in [0.717, 1.165) is 12.8 Å². The van der Waals surface area contributed by atoms with E-state index in [-0.39, 0.29) is 12.4 Å². The first-order valence-electron chi connectivity index (χ1n) is 2.63. The smallest absolute Gasteiger partial charge is 0.0722 e. The molecule has 0 spiro atoms. The molecule has 8 heavy (non-hydrogen) atoms. The number of hydrogen-bond acceptors (Lipinski definition) is 2. The Kier molecular flexibility index (Phi) is 3.36. The van der Waals surface area contributed by atoms with Crippen LogP contribution < -0.4 is 5.73 Å². The summed E-state index contributed by atoms with van der Waals surface area (Å²) in [4.78, 5) is 0. The van der Waals surface area contributed by atoms with Crippen LogP contribution in [0.2, 0.25) is 0 Å². The van der Waals surface area contributed by atoms with Gasteiger partial charge in [-0.2, -0.15) is 0 Å². The van der Waals surface area contributed by atoms with Crippen LogP contribution in [0.15, 0.2) is 0 Å². The number of rotatable bonds is 1. The lowest BCUT2D eigenvalue weighted by molar-refractivity contribution is 0.0213. The summed E-state index contributed by atoms with van der Waals surface area (Å²) in [5.74, 6) is 0. The molecule has 0 saturated heterocycles. The van der Waals surface area contributed by atoms with Crippen molar-refractivity contribution in [3.8, 4) is 0 Å². The van der Waals surface area contributed by atoms with E-state index in [9.17, 15) is 0 Å². The van der Waals surface area contributed by atoms with Crippen LogP contribution in [0.4, 0.5) is 0 Å². The fourth-order valence-electron chi connectivity index (χ4n) is 0.788. The maximum atomic E-state index is 5.51. The molecule has 0 aliphatic heterocycles. The number of halogens is 1. The average Bonchev–Trinajstić information content (AvgIpc) is 1.65. The molecule has 50 valence electrons. The SMILES string of the molecule is COC1CC[C@H]1N.Cl. The van der Waals surface area contributed by atoms with E-state index in [2.05, 4.69) is 0 Å². The molecular weight excluding hydrogens is 126 g/mol. The zero-order chi connectivity index (χ0) is 5.28. The molecule has 2 N–H and O–H groups in total. The van der Waals surface area contributed by atoms with Crippen molar-refractivity contribution in [3.63, 3.8) is 0 Å². The van der Waals surface area contributed by atoms with E-state index in [1.807, 2.05) is 0 Å². The van der Waals surface area contributed by atoms with Gasteiger partial charge < -0.3 is 10.5 Å². The van der Waals surface area contributed by atoms with Crippen LogP contribution in [0.5, 0.6) is 0 Å². The summed E-state index contributed by atoms with van der Waals surface area (Å²) in [7, 11) is 1.71. The minimum absolute atomic E-state index is 0. The van der Waals surface area contributed by atoms with Gasteiger partial charge in [-0.25, -0.2) is 0 Å². The summed E-state index contributed by atoms with van der Waals surface area (Å²) in [6.07, 6.45) is 2.65. The van der Waals surface area contributed by atoms with Gasteiger partial charge in [0.05, 0.1) is 6.10 Å². The van der Waals surface area contributed by atoms with E-state index in [4.69, 9.17) is 10.5 Å². The van der Waals surface area contributed by atoms with Crippen LogP contribution in [0.1, 0.15) is 12.8 Å². The summed E-state index contributed by atoms with van der Waals surface area (Å²) in [5, 5.41) is 0. The highest BCUT2D eigenvalue weighted by Crippen LogP contribution is 2.19. The molecule has 3 heteroatoms. The van der Waals surface area contributed by atoms with E-state index < -0.39 is 0 Å². The summed E-state index contributed by atoms with van der Waals surface area (Å²) in [6.45, 7) is 0. The molecule has 2 nitrogen and oxygen atoms in total. The Balaban J connectivity index is 0.000000490. The quantitative estimate of drug-likeness (QED) is 0.573. The molecule has 1 aliphatic carbocycles. The van der Waals surface area contributed by atoms with Crippen LogP contribution in [0, 0.1) is 0 Å². The third-order valence-electron chi connectivity index (χ3n) is 1.56. The van der Waals surface area contributed by atoms with Crippen molar-refractivity contribution in [1.29, 1.82) is 0 Å². The number of methoxy groups -OCH3 is 1. The highest BCUT2D eigenvalue weighted by Gasteiger charge is 2.26. The molecule has 0 aromatic heterocycles. The first-order chi connectivity index (χ1) is 3.34. The summed E-state index contributed by atoms with van der Waals surface area (Å²) in [6, 6.07) is 0.324. The predicted octanol–water partition coefficient (Wildman–Crippen LogP) is 0.544. The Morgan fingerprint density at radius 3 is 2.12 bits per heavy atom. The standard InChI is InChI=1S/C5H11NO.ClH/c1-7-5-3-2-4(5)6;/h4-5H,2-3,6H2,1H3;1H/t4-,5?;/m1./s1. The Bertz CT molecular complexity index is 67.4. The lowest BCUT2D eigenvalue weighted by atomic mass is 9.90. The van der Waals surface area contributed by atoms with E-state index in [0.29, 0.717) is 12.1 Å². The second kappa shape index (κ2) is 3.28. The maximum Gasteiger partial charge on any atom is 0.0722 e. The fraction of sp³-hybridized carbons (Fsp3) is 1.00. The lowest BCUT2D eigenvalue weighted by Crippen LogP contribution is -2.45. The van der Waals surface area contributed by atoms with Gasteiger partial charge in [0, 0.05) is 13.2 Å². The summed E-state index contributed by atoms with van der Waals surface area (Å²) >= 11 is 0. The van der Waals surface area contributed by atoms with Crippen molar-refractivity contribution >= 4 is 12.4 Å². The molecule has 0 heterocycles. The first kappa shape index (κ1) is 8.21. The van der Waals surface area contributed by atoms with Crippen molar-refractivity contribution < 1.29 is 4.74 Å². The molecule has 0 aromatic carbocycles. The Morgan fingerprint density at radius 2 is 2.12 bits per heavy atom. The van der Waals surface area contributed by atoms with Gasteiger partial charge in [0.25, 0.3) is 0 Å².